The highest BCUT2D eigenvalue weighted by molar-refractivity contribution is 5.79. The van der Waals surface area contributed by atoms with Crippen molar-refractivity contribution >= 4 is 17.5 Å². The van der Waals surface area contributed by atoms with Crippen LogP contribution in [0.3, 0.4) is 0 Å². The molecule has 3 rings (SSSR count). The van der Waals surface area contributed by atoms with E-state index in [1.165, 1.54) is 5.56 Å². The fraction of sp³-hybridized carbons (Fsp3) is 0.0526. The highest BCUT2D eigenvalue weighted by atomic mass is 16.2. The van der Waals surface area contributed by atoms with Crippen LogP contribution in [0.15, 0.2) is 78.7 Å². The van der Waals surface area contributed by atoms with Crippen LogP contribution in [0.2, 0.25) is 0 Å². The highest BCUT2D eigenvalue weighted by Gasteiger charge is 2.16. The number of hydrogen-bond donors (Lipinski definition) is 1. The molecule has 0 atom stereocenters. The van der Waals surface area contributed by atoms with Gasteiger partial charge >= 0.3 is 0 Å². The van der Waals surface area contributed by atoms with Gasteiger partial charge in [-0.3, -0.25) is 0 Å². The minimum atomic E-state index is 0.732. The van der Waals surface area contributed by atoms with Crippen LogP contribution in [-0.4, -0.2) is 5.11 Å². The summed E-state index contributed by atoms with van der Waals surface area (Å²) in [5.41, 5.74) is 5.12. The van der Waals surface area contributed by atoms with Crippen molar-refractivity contribution in [2.75, 3.05) is 4.90 Å². The molecule has 0 amide bonds. The van der Waals surface area contributed by atoms with Crippen molar-refractivity contribution in [3.05, 3.63) is 89.8 Å². The molecule has 2 aromatic carbocycles. The molecular formula is C19H17NO. The second-order valence-corrected chi connectivity index (χ2v) is 5.00. The summed E-state index contributed by atoms with van der Waals surface area (Å²) in [5.74, 6) is 0. The molecule has 21 heavy (non-hydrogen) atoms. The van der Waals surface area contributed by atoms with Gasteiger partial charge in [-0.15, -0.1) is 0 Å². The van der Waals surface area contributed by atoms with Gasteiger partial charge in [-0.2, -0.15) is 0 Å². The Bertz CT molecular complexity index is 723. The molecule has 0 fully saturated rings. The van der Waals surface area contributed by atoms with E-state index in [0.717, 1.165) is 28.9 Å². The average molecular weight is 275 g/mol. The summed E-state index contributed by atoms with van der Waals surface area (Å²) in [5, 5.41) is 9.64. The molecule has 0 unspecified atom stereocenters. The lowest BCUT2D eigenvalue weighted by molar-refractivity contribution is 0.468. The summed E-state index contributed by atoms with van der Waals surface area (Å²) in [6.45, 7) is 2.07. The van der Waals surface area contributed by atoms with Crippen molar-refractivity contribution in [3.63, 3.8) is 0 Å². The number of benzene rings is 2. The summed E-state index contributed by atoms with van der Waals surface area (Å²) in [6, 6.07) is 16.4. The Morgan fingerprint density at radius 1 is 0.905 bits per heavy atom. The van der Waals surface area contributed by atoms with Crippen molar-refractivity contribution < 1.29 is 5.11 Å². The molecule has 0 aliphatic carbocycles. The standard InChI is InChI=1S/C19H17NO/c1-15-10-12-17(13-11-15)20-18(14-21)8-4-2-6-16-7-3-5-9-19(16)20/h2-14,21H,1H3/b6-2-,8-4-,18-14-. The van der Waals surface area contributed by atoms with Gasteiger partial charge in [0.05, 0.1) is 11.4 Å². The molecule has 1 aliphatic rings. The van der Waals surface area contributed by atoms with Gasteiger partial charge in [0.2, 0.25) is 0 Å². The molecule has 2 nitrogen and oxygen atoms in total. The second-order valence-electron chi connectivity index (χ2n) is 5.00. The van der Waals surface area contributed by atoms with Crippen molar-refractivity contribution in [1.29, 1.82) is 0 Å². The van der Waals surface area contributed by atoms with Crippen LogP contribution in [-0.2, 0) is 0 Å². The topological polar surface area (TPSA) is 23.5 Å². The summed E-state index contributed by atoms with van der Waals surface area (Å²) < 4.78 is 0. The van der Waals surface area contributed by atoms with Crippen LogP contribution in [0.4, 0.5) is 11.4 Å². The summed E-state index contributed by atoms with van der Waals surface area (Å²) >= 11 is 0. The van der Waals surface area contributed by atoms with Gasteiger partial charge in [0.15, 0.2) is 0 Å². The highest BCUT2D eigenvalue weighted by Crippen LogP contribution is 2.34. The smallest absolute Gasteiger partial charge is 0.103 e. The zero-order valence-corrected chi connectivity index (χ0v) is 11.9. The van der Waals surface area contributed by atoms with E-state index in [9.17, 15) is 5.11 Å². The van der Waals surface area contributed by atoms with E-state index in [0.29, 0.717) is 0 Å². The molecule has 0 saturated carbocycles. The predicted molar refractivity (Wildman–Crippen MR) is 88.6 cm³/mol. The average Bonchev–Trinajstić information content (AvgIpc) is 2.50. The third-order valence-electron chi connectivity index (χ3n) is 3.51. The first-order valence-corrected chi connectivity index (χ1v) is 6.94. The van der Waals surface area contributed by atoms with Gasteiger partial charge in [-0.05, 0) is 36.8 Å². The SMILES string of the molecule is Cc1ccc(N2C(=C\O)/C=C\C=C/c3ccccc32)cc1. The quantitative estimate of drug-likeness (QED) is 0.730. The predicted octanol–water partition coefficient (Wildman–Crippen LogP) is 5.12. The minimum absolute atomic E-state index is 0.732. The number of fused-ring (bicyclic) bond motifs is 1. The molecule has 2 aromatic rings. The number of rotatable bonds is 1. The lowest BCUT2D eigenvalue weighted by Gasteiger charge is -2.28. The lowest BCUT2D eigenvalue weighted by atomic mass is 10.1. The van der Waals surface area contributed by atoms with Crippen molar-refractivity contribution in [2.45, 2.75) is 6.92 Å². The van der Waals surface area contributed by atoms with Crippen LogP contribution in [0.25, 0.3) is 6.08 Å². The Labute approximate surface area is 125 Å². The summed E-state index contributed by atoms with van der Waals surface area (Å²) in [7, 11) is 0. The lowest BCUT2D eigenvalue weighted by Crippen LogP contribution is -2.16. The maximum absolute atomic E-state index is 9.64. The third-order valence-corrected chi connectivity index (χ3v) is 3.51. The van der Waals surface area contributed by atoms with Gasteiger partial charge in [-0.25, -0.2) is 0 Å². The monoisotopic (exact) mass is 275 g/mol. The van der Waals surface area contributed by atoms with E-state index >= 15 is 0 Å². The van der Waals surface area contributed by atoms with E-state index in [-0.39, 0.29) is 0 Å². The number of nitrogens with zero attached hydrogens (tertiary/aromatic N) is 1. The first-order chi connectivity index (χ1) is 10.3. The van der Waals surface area contributed by atoms with Crippen molar-refractivity contribution in [2.24, 2.45) is 0 Å². The summed E-state index contributed by atoms with van der Waals surface area (Å²) in [4.78, 5) is 2.05. The number of hydrogen-bond acceptors (Lipinski definition) is 2. The van der Waals surface area contributed by atoms with Crippen LogP contribution < -0.4 is 4.90 Å². The Morgan fingerprint density at radius 2 is 1.62 bits per heavy atom. The number of aryl methyl sites for hydroxylation is 1. The molecule has 104 valence electrons. The van der Waals surface area contributed by atoms with E-state index in [2.05, 4.69) is 54.3 Å². The van der Waals surface area contributed by atoms with Crippen LogP contribution in [0, 0.1) is 6.92 Å². The van der Waals surface area contributed by atoms with Crippen LogP contribution >= 0.6 is 0 Å². The fourth-order valence-electron chi connectivity index (χ4n) is 2.44. The van der Waals surface area contributed by atoms with E-state index in [4.69, 9.17) is 0 Å². The molecule has 1 heterocycles. The van der Waals surface area contributed by atoms with Crippen LogP contribution in [0.5, 0.6) is 0 Å². The Kier molecular flexibility index (Phi) is 3.61. The Hall–Kier alpha value is -2.74. The molecule has 2 heteroatoms. The van der Waals surface area contributed by atoms with Gasteiger partial charge in [0, 0.05) is 5.69 Å². The van der Waals surface area contributed by atoms with Crippen molar-refractivity contribution in [1.82, 2.24) is 0 Å². The number of allylic oxidation sites excluding steroid dienone is 3. The Balaban J connectivity index is 2.21. The normalized spacial score (nSPS) is 18.7. The maximum Gasteiger partial charge on any atom is 0.103 e. The minimum Gasteiger partial charge on any atom is -0.513 e. The second kappa shape index (κ2) is 5.71. The molecule has 1 N–H and O–H groups in total. The number of para-hydroxylation sites is 1. The zero-order valence-electron chi connectivity index (χ0n) is 11.9. The largest absolute Gasteiger partial charge is 0.513 e. The van der Waals surface area contributed by atoms with Gasteiger partial charge in [-0.1, -0.05) is 54.1 Å². The number of anilines is 2. The van der Waals surface area contributed by atoms with E-state index in [1.54, 1.807) is 0 Å². The first-order valence-electron chi connectivity index (χ1n) is 6.94. The molecule has 0 spiro atoms. The third kappa shape index (κ3) is 2.61. The van der Waals surface area contributed by atoms with Crippen molar-refractivity contribution in [3.8, 4) is 0 Å². The van der Waals surface area contributed by atoms with Gasteiger partial charge < -0.3 is 10.0 Å². The molecule has 0 aromatic heterocycles. The number of aliphatic hydroxyl groups excluding tert-OH is 1. The molecule has 0 bridgehead atoms. The Morgan fingerprint density at radius 3 is 2.38 bits per heavy atom. The van der Waals surface area contributed by atoms with Gasteiger partial charge in [0.25, 0.3) is 0 Å². The van der Waals surface area contributed by atoms with E-state index in [1.807, 2.05) is 30.4 Å². The molecule has 0 saturated heterocycles. The van der Waals surface area contributed by atoms with Gasteiger partial charge in [0.1, 0.15) is 6.26 Å². The van der Waals surface area contributed by atoms with Crippen LogP contribution in [0.1, 0.15) is 11.1 Å². The van der Waals surface area contributed by atoms with E-state index < -0.39 is 0 Å². The first kappa shape index (κ1) is 13.3. The molecule has 0 radical (unpaired) electrons. The maximum atomic E-state index is 9.64. The molecular weight excluding hydrogens is 258 g/mol. The number of aliphatic hydroxyl groups is 1. The zero-order chi connectivity index (χ0) is 14.7. The fourth-order valence-corrected chi connectivity index (χ4v) is 2.44. The summed E-state index contributed by atoms with van der Waals surface area (Å²) in [6.07, 6.45) is 9.02. The molecule has 1 aliphatic heterocycles.